The van der Waals surface area contributed by atoms with Crippen LogP contribution < -0.4 is 0 Å². The predicted octanol–water partition coefficient (Wildman–Crippen LogP) is 1.64. The van der Waals surface area contributed by atoms with Crippen LogP contribution in [0.3, 0.4) is 0 Å². The van der Waals surface area contributed by atoms with Crippen LogP contribution in [0.5, 0.6) is 0 Å². The highest BCUT2D eigenvalue weighted by atomic mass is 79.9. The summed E-state index contributed by atoms with van der Waals surface area (Å²) < 4.78 is 4.73. The summed E-state index contributed by atoms with van der Waals surface area (Å²) in [7, 11) is 1.64. The number of halogens is 2. The predicted molar refractivity (Wildman–Crippen MR) is 35.3 cm³/mol. The molecule has 0 aliphatic carbocycles. The number of ether oxygens (including phenoxy) is 1. The largest absolute Gasteiger partial charge is 0.383 e. The Bertz CT molecular complexity index is 42.7. The van der Waals surface area contributed by atoms with E-state index in [2.05, 4.69) is 15.9 Å². The lowest BCUT2D eigenvalue weighted by atomic mass is 10.5. The summed E-state index contributed by atoms with van der Waals surface area (Å²) >= 11 is 8.80. The van der Waals surface area contributed by atoms with Gasteiger partial charge in [0.15, 0.2) is 0 Å². The topological polar surface area (TPSA) is 9.23 Å². The molecule has 3 heteroatoms. The smallest absolute Gasteiger partial charge is 0.0666 e. The van der Waals surface area contributed by atoms with Gasteiger partial charge in [0.2, 0.25) is 0 Å². The summed E-state index contributed by atoms with van der Waals surface area (Å²) in [4.78, 5) is 0. The van der Waals surface area contributed by atoms with Gasteiger partial charge in [-0.25, -0.2) is 0 Å². The molecule has 0 radical (unpaired) electrons. The van der Waals surface area contributed by atoms with Crippen LogP contribution in [0, 0.1) is 0 Å². The van der Waals surface area contributed by atoms with E-state index in [4.69, 9.17) is 16.3 Å². The summed E-state index contributed by atoms with van der Waals surface area (Å²) in [6.07, 6.45) is 0. The lowest BCUT2D eigenvalue weighted by Crippen LogP contribution is -2.07. The molecule has 7 heavy (non-hydrogen) atoms. The molecule has 0 N–H and O–H groups in total. The van der Waals surface area contributed by atoms with Crippen LogP contribution in [0.1, 0.15) is 0 Å². The zero-order chi connectivity index (χ0) is 5.70. The maximum absolute atomic E-state index is 5.59. The first-order valence-corrected chi connectivity index (χ1v) is 3.56. The molecular formula is C4H8BrClO. The van der Waals surface area contributed by atoms with Crippen LogP contribution in [0.15, 0.2) is 0 Å². The van der Waals surface area contributed by atoms with Crippen LogP contribution in [-0.2, 0) is 4.74 Å². The molecule has 0 saturated carbocycles. The number of hydrogen-bond acceptors (Lipinski definition) is 1. The third kappa shape index (κ3) is 4.59. The first-order valence-electron chi connectivity index (χ1n) is 2.00. The van der Waals surface area contributed by atoms with Crippen LogP contribution in [0.4, 0.5) is 0 Å². The Morgan fingerprint density at radius 2 is 2.43 bits per heavy atom. The van der Waals surface area contributed by atoms with E-state index in [1.54, 1.807) is 7.11 Å². The normalized spacial score (nSPS) is 14.1. The molecule has 0 unspecified atom stereocenters. The second-order valence-electron chi connectivity index (χ2n) is 1.21. The van der Waals surface area contributed by atoms with Gasteiger partial charge in [-0.05, 0) is 0 Å². The Labute approximate surface area is 57.1 Å². The summed E-state index contributed by atoms with van der Waals surface area (Å²) in [5, 5.41) is 0.910. The Balaban J connectivity index is 2.83. The van der Waals surface area contributed by atoms with Gasteiger partial charge in [0, 0.05) is 12.4 Å². The number of hydrogen-bond donors (Lipinski definition) is 0. The van der Waals surface area contributed by atoms with Crippen LogP contribution >= 0.6 is 27.5 Å². The molecule has 0 aromatic heterocycles. The van der Waals surface area contributed by atoms with Gasteiger partial charge in [0.1, 0.15) is 0 Å². The second-order valence-corrected chi connectivity index (χ2v) is 2.47. The fourth-order valence-electron chi connectivity index (χ4n) is 0.225. The fraction of sp³-hybridized carbons (Fsp3) is 1.00. The Morgan fingerprint density at radius 3 is 2.57 bits per heavy atom. The lowest BCUT2D eigenvalue weighted by molar-refractivity contribution is 0.202. The van der Waals surface area contributed by atoms with E-state index in [0.29, 0.717) is 6.61 Å². The average Bonchev–Trinajstić information content (AvgIpc) is 1.68. The van der Waals surface area contributed by atoms with E-state index < -0.39 is 0 Å². The third-order valence-electron chi connectivity index (χ3n) is 0.515. The minimum atomic E-state index is 0.116. The molecule has 1 atom stereocenters. The summed E-state index contributed by atoms with van der Waals surface area (Å²) in [6.45, 7) is 0.618. The first kappa shape index (κ1) is 7.73. The highest BCUT2D eigenvalue weighted by Crippen LogP contribution is 1.98. The van der Waals surface area contributed by atoms with Gasteiger partial charge in [-0.2, -0.15) is 0 Å². The van der Waals surface area contributed by atoms with Gasteiger partial charge >= 0.3 is 0 Å². The molecule has 0 spiro atoms. The zero-order valence-corrected chi connectivity index (χ0v) is 6.50. The second kappa shape index (κ2) is 4.88. The first-order chi connectivity index (χ1) is 3.31. The average molecular weight is 187 g/mol. The number of rotatable bonds is 3. The SMILES string of the molecule is COC[C@H](Cl)CBr. The third-order valence-corrected chi connectivity index (χ3v) is 1.95. The van der Waals surface area contributed by atoms with Crippen molar-refractivity contribution in [1.82, 2.24) is 0 Å². The summed E-state index contributed by atoms with van der Waals surface area (Å²) in [6, 6.07) is 0. The highest BCUT2D eigenvalue weighted by molar-refractivity contribution is 9.09. The molecule has 44 valence electrons. The van der Waals surface area contributed by atoms with Crippen molar-refractivity contribution in [3.63, 3.8) is 0 Å². The maximum Gasteiger partial charge on any atom is 0.0666 e. The molecule has 0 heterocycles. The quantitative estimate of drug-likeness (QED) is 0.611. The van der Waals surface area contributed by atoms with Gasteiger partial charge in [0.25, 0.3) is 0 Å². The van der Waals surface area contributed by atoms with E-state index in [0.717, 1.165) is 5.33 Å². The minimum Gasteiger partial charge on any atom is -0.383 e. The fourth-order valence-corrected chi connectivity index (χ4v) is 0.538. The molecular weight excluding hydrogens is 179 g/mol. The number of methoxy groups -OCH3 is 1. The van der Waals surface area contributed by atoms with Crippen molar-refractivity contribution < 1.29 is 4.74 Å². The Morgan fingerprint density at radius 1 is 1.86 bits per heavy atom. The maximum atomic E-state index is 5.59. The van der Waals surface area contributed by atoms with Crippen molar-refractivity contribution in [1.29, 1.82) is 0 Å². The molecule has 0 amide bonds. The van der Waals surface area contributed by atoms with Crippen molar-refractivity contribution in [3.8, 4) is 0 Å². The molecule has 0 bridgehead atoms. The van der Waals surface area contributed by atoms with E-state index >= 15 is 0 Å². The van der Waals surface area contributed by atoms with Crippen LogP contribution in [0.25, 0.3) is 0 Å². The zero-order valence-electron chi connectivity index (χ0n) is 4.16. The molecule has 0 aromatic rings. The van der Waals surface area contributed by atoms with Crippen molar-refractivity contribution in [2.75, 3.05) is 19.0 Å². The molecule has 1 nitrogen and oxygen atoms in total. The minimum absolute atomic E-state index is 0.116. The molecule has 0 saturated heterocycles. The van der Waals surface area contributed by atoms with Crippen molar-refractivity contribution >= 4 is 27.5 Å². The van der Waals surface area contributed by atoms with Crippen molar-refractivity contribution in [2.45, 2.75) is 5.38 Å². The Hall–Kier alpha value is 0.730. The van der Waals surface area contributed by atoms with E-state index in [9.17, 15) is 0 Å². The van der Waals surface area contributed by atoms with Crippen LogP contribution in [0.2, 0.25) is 0 Å². The Kier molecular flexibility index (Phi) is 5.39. The van der Waals surface area contributed by atoms with Gasteiger partial charge in [-0.3, -0.25) is 0 Å². The standard InChI is InChI=1S/C4H8BrClO/c1-7-3-4(6)2-5/h4H,2-3H2,1H3/t4-/m1/s1. The highest BCUT2D eigenvalue weighted by Gasteiger charge is 1.97. The van der Waals surface area contributed by atoms with E-state index in [-0.39, 0.29) is 5.38 Å². The van der Waals surface area contributed by atoms with Crippen molar-refractivity contribution in [3.05, 3.63) is 0 Å². The molecule has 0 fully saturated rings. The monoisotopic (exact) mass is 186 g/mol. The molecule has 0 aromatic carbocycles. The lowest BCUT2D eigenvalue weighted by Gasteiger charge is -1.99. The van der Waals surface area contributed by atoms with E-state index in [1.165, 1.54) is 0 Å². The van der Waals surface area contributed by atoms with Gasteiger partial charge in [-0.15, -0.1) is 11.6 Å². The van der Waals surface area contributed by atoms with Gasteiger partial charge in [0.05, 0.1) is 12.0 Å². The summed E-state index contributed by atoms with van der Waals surface area (Å²) in [5.74, 6) is 0. The molecule has 0 rings (SSSR count). The van der Waals surface area contributed by atoms with Gasteiger partial charge in [-0.1, -0.05) is 15.9 Å². The van der Waals surface area contributed by atoms with Crippen LogP contribution in [-0.4, -0.2) is 24.4 Å². The summed E-state index contributed by atoms with van der Waals surface area (Å²) in [5.41, 5.74) is 0. The van der Waals surface area contributed by atoms with E-state index in [1.807, 2.05) is 0 Å². The molecule has 0 aliphatic heterocycles. The van der Waals surface area contributed by atoms with Gasteiger partial charge < -0.3 is 4.74 Å². The number of alkyl halides is 2. The van der Waals surface area contributed by atoms with Crippen molar-refractivity contribution in [2.24, 2.45) is 0 Å². The molecule has 0 aliphatic rings.